The Balaban J connectivity index is 2.53. The highest BCUT2D eigenvalue weighted by Crippen LogP contribution is 2.31. The van der Waals surface area contributed by atoms with Gasteiger partial charge in [-0.15, -0.1) is 0 Å². The number of pyridine rings is 1. The normalized spacial score (nSPS) is 10.6. The first-order valence-electron chi connectivity index (χ1n) is 6.36. The number of nitrogens with one attached hydrogen (secondary N) is 1. The fraction of sp³-hybridized carbons (Fsp3) is 0.286. The molecule has 0 spiro atoms. The third kappa shape index (κ3) is 2.85. The summed E-state index contributed by atoms with van der Waals surface area (Å²) in [5.74, 6) is -0.0334. The van der Waals surface area contributed by atoms with Crippen LogP contribution in [0.4, 0.5) is 11.4 Å². The number of aromatic nitrogens is 1. The Bertz CT molecular complexity index is 644. The van der Waals surface area contributed by atoms with Crippen molar-refractivity contribution in [3.8, 4) is 0 Å². The summed E-state index contributed by atoms with van der Waals surface area (Å²) in [4.78, 5) is 18.0. The summed E-state index contributed by atoms with van der Waals surface area (Å²) in [6, 6.07) is 5.69. The van der Waals surface area contributed by atoms with E-state index in [0.717, 1.165) is 21.1 Å². The largest absolute Gasteiger partial charge is 0.398 e. The lowest BCUT2D eigenvalue weighted by molar-refractivity contribution is -0.119. The minimum Gasteiger partial charge on any atom is -0.398 e. The Kier molecular flexibility index (Phi) is 4.44. The highest BCUT2D eigenvalue weighted by atomic mass is 79.9. The van der Waals surface area contributed by atoms with Crippen LogP contribution in [0.15, 0.2) is 28.9 Å². The maximum atomic E-state index is 11.6. The number of nitrogens with zero attached hydrogens (tertiary/aromatic N) is 2. The van der Waals surface area contributed by atoms with Gasteiger partial charge in [0.15, 0.2) is 0 Å². The summed E-state index contributed by atoms with van der Waals surface area (Å²) in [5.41, 5.74) is 8.39. The molecule has 1 amide bonds. The number of likely N-dealkylation sites (N-methyl/N-ethyl adjacent to an activating group) is 2. The number of nitrogen functional groups attached to an aromatic ring is 1. The molecule has 5 nitrogen and oxygen atoms in total. The van der Waals surface area contributed by atoms with Gasteiger partial charge in [0.2, 0.25) is 5.91 Å². The second-order valence-corrected chi connectivity index (χ2v) is 5.33. The van der Waals surface area contributed by atoms with Gasteiger partial charge in [-0.1, -0.05) is 0 Å². The number of benzene rings is 1. The maximum Gasteiger partial charge on any atom is 0.239 e. The molecular formula is C14H17BrN4O. The summed E-state index contributed by atoms with van der Waals surface area (Å²) in [6.45, 7) is 3.01. The number of hydrogen-bond donors (Lipinski definition) is 2. The average molecular weight is 337 g/mol. The van der Waals surface area contributed by atoms with Crippen LogP contribution in [0.5, 0.6) is 0 Å². The van der Waals surface area contributed by atoms with Crippen LogP contribution in [0.2, 0.25) is 0 Å². The first-order valence-corrected chi connectivity index (χ1v) is 7.15. The van der Waals surface area contributed by atoms with Gasteiger partial charge in [-0.05, 0) is 41.1 Å². The molecule has 106 valence electrons. The summed E-state index contributed by atoms with van der Waals surface area (Å²) in [6.07, 6.45) is 1.74. The fourth-order valence-corrected chi connectivity index (χ4v) is 2.41. The average Bonchev–Trinajstić information content (AvgIpc) is 2.46. The topological polar surface area (TPSA) is 71.2 Å². The zero-order valence-corrected chi connectivity index (χ0v) is 13.1. The van der Waals surface area contributed by atoms with Crippen LogP contribution < -0.4 is 16.0 Å². The van der Waals surface area contributed by atoms with E-state index in [1.54, 1.807) is 13.2 Å². The Morgan fingerprint density at radius 1 is 1.50 bits per heavy atom. The zero-order valence-electron chi connectivity index (χ0n) is 11.5. The van der Waals surface area contributed by atoms with Crippen LogP contribution in [-0.2, 0) is 4.79 Å². The number of anilines is 2. The van der Waals surface area contributed by atoms with E-state index in [1.165, 1.54) is 0 Å². The molecule has 0 radical (unpaired) electrons. The molecule has 0 bridgehead atoms. The third-order valence-corrected chi connectivity index (χ3v) is 3.60. The Labute approximate surface area is 126 Å². The van der Waals surface area contributed by atoms with Crippen LogP contribution in [0, 0.1) is 0 Å². The molecule has 0 atom stereocenters. The molecule has 0 aliphatic heterocycles. The van der Waals surface area contributed by atoms with E-state index in [9.17, 15) is 4.79 Å². The minimum absolute atomic E-state index is 0.0334. The zero-order chi connectivity index (χ0) is 14.7. The highest BCUT2D eigenvalue weighted by molar-refractivity contribution is 9.10. The van der Waals surface area contributed by atoms with Crippen LogP contribution in [0.25, 0.3) is 10.9 Å². The molecule has 0 fully saturated rings. The van der Waals surface area contributed by atoms with Gasteiger partial charge in [0.05, 0.1) is 17.7 Å². The van der Waals surface area contributed by atoms with Gasteiger partial charge in [0.25, 0.3) is 0 Å². The molecule has 0 unspecified atom stereocenters. The van der Waals surface area contributed by atoms with Crippen LogP contribution in [-0.4, -0.2) is 31.0 Å². The smallest absolute Gasteiger partial charge is 0.239 e. The monoisotopic (exact) mass is 336 g/mol. The number of carbonyl (C=O) groups is 1. The number of halogens is 1. The molecule has 6 heteroatoms. The van der Waals surface area contributed by atoms with Crippen molar-refractivity contribution in [1.29, 1.82) is 0 Å². The first-order chi connectivity index (χ1) is 9.56. The van der Waals surface area contributed by atoms with E-state index in [4.69, 9.17) is 5.73 Å². The molecule has 0 aliphatic carbocycles. The van der Waals surface area contributed by atoms with Crippen molar-refractivity contribution in [3.63, 3.8) is 0 Å². The molecule has 20 heavy (non-hydrogen) atoms. The molecule has 2 rings (SSSR count). The van der Waals surface area contributed by atoms with E-state index in [0.29, 0.717) is 18.8 Å². The Hall–Kier alpha value is -1.82. The molecule has 0 saturated carbocycles. The number of fused-ring (bicyclic) bond motifs is 1. The number of nitrogens with two attached hydrogens (primary N) is 1. The van der Waals surface area contributed by atoms with Crippen LogP contribution in [0.1, 0.15) is 6.92 Å². The summed E-state index contributed by atoms with van der Waals surface area (Å²) < 4.78 is 0.878. The van der Waals surface area contributed by atoms with Crippen molar-refractivity contribution < 1.29 is 4.79 Å². The first kappa shape index (κ1) is 14.6. The molecular weight excluding hydrogens is 320 g/mol. The van der Waals surface area contributed by atoms with Crippen molar-refractivity contribution >= 4 is 44.1 Å². The molecule has 2 aromatic rings. The molecule has 1 heterocycles. The van der Waals surface area contributed by atoms with Crippen molar-refractivity contribution in [2.45, 2.75) is 6.92 Å². The minimum atomic E-state index is -0.0334. The maximum absolute atomic E-state index is 11.6. The number of rotatable bonds is 4. The van der Waals surface area contributed by atoms with Crippen molar-refractivity contribution in [2.75, 3.05) is 30.8 Å². The number of amides is 1. The highest BCUT2D eigenvalue weighted by Gasteiger charge is 2.14. The van der Waals surface area contributed by atoms with Gasteiger partial charge in [-0.3, -0.25) is 9.78 Å². The molecule has 0 aliphatic rings. The number of carbonyl (C=O) groups excluding carboxylic acids is 1. The molecule has 1 aromatic carbocycles. The molecule has 3 N–H and O–H groups in total. The fourth-order valence-electron chi connectivity index (χ4n) is 2.08. The van der Waals surface area contributed by atoms with Crippen molar-refractivity contribution in [1.82, 2.24) is 10.3 Å². The van der Waals surface area contributed by atoms with E-state index in [1.807, 2.05) is 30.0 Å². The third-order valence-electron chi connectivity index (χ3n) is 3.16. The van der Waals surface area contributed by atoms with Crippen LogP contribution in [0.3, 0.4) is 0 Å². The van der Waals surface area contributed by atoms with Gasteiger partial charge in [-0.25, -0.2) is 0 Å². The lowest BCUT2D eigenvalue weighted by atomic mass is 10.1. The quantitative estimate of drug-likeness (QED) is 0.839. The standard InChI is InChI=1S/C14H17BrN4O/c1-3-19(8-13(20)17-2)12-5-4-11(16)10-6-9(15)7-18-14(10)12/h4-7H,3,8,16H2,1-2H3,(H,17,20). The van der Waals surface area contributed by atoms with Gasteiger partial charge >= 0.3 is 0 Å². The van der Waals surface area contributed by atoms with Gasteiger partial charge in [-0.2, -0.15) is 0 Å². The summed E-state index contributed by atoms with van der Waals surface area (Å²) >= 11 is 3.40. The number of hydrogen-bond acceptors (Lipinski definition) is 4. The van der Waals surface area contributed by atoms with E-state index in [2.05, 4.69) is 26.2 Å². The summed E-state index contributed by atoms with van der Waals surface area (Å²) in [5, 5.41) is 3.52. The second-order valence-electron chi connectivity index (χ2n) is 4.41. The summed E-state index contributed by atoms with van der Waals surface area (Å²) in [7, 11) is 1.63. The Morgan fingerprint density at radius 3 is 2.90 bits per heavy atom. The van der Waals surface area contributed by atoms with Gasteiger partial charge in [0.1, 0.15) is 0 Å². The van der Waals surface area contributed by atoms with Crippen molar-refractivity contribution in [3.05, 3.63) is 28.9 Å². The van der Waals surface area contributed by atoms with E-state index >= 15 is 0 Å². The van der Waals surface area contributed by atoms with E-state index < -0.39 is 0 Å². The molecule has 1 aromatic heterocycles. The lowest BCUT2D eigenvalue weighted by Crippen LogP contribution is -2.35. The van der Waals surface area contributed by atoms with Crippen LogP contribution >= 0.6 is 15.9 Å². The van der Waals surface area contributed by atoms with E-state index in [-0.39, 0.29) is 5.91 Å². The Morgan fingerprint density at radius 2 is 2.25 bits per heavy atom. The predicted octanol–water partition coefficient (Wildman–Crippen LogP) is 2.15. The SMILES string of the molecule is CCN(CC(=O)NC)c1ccc(N)c2cc(Br)cnc12. The van der Waals surface area contributed by atoms with Crippen molar-refractivity contribution in [2.24, 2.45) is 0 Å². The van der Waals surface area contributed by atoms with Gasteiger partial charge < -0.3 is 16.0 Å². The predicted molar refractivity (Wildman–Crippen MR) is 85.8 cm³/mol. The van der Waals surface area contributed by atoms with Gasteiger partial charge in [0, 0.05) is 35.3 Å². The lowest BCUT2D eigenvalue weighted by Gasteiger charge is -2.23. The molecule has 0 saturated heterocycles. The second kappa shape index (κ2) is 6.09.